The van der Waals surface area contributed by atoms with Crippen molar-refractivity contribution in [1.29, 1.82) is 0 Å². The van der Waals surface area contributed by atoms with Crippen molar-refractivity contribution >= 4 is 21.8 Å². The van der Waals surface area contributed by atoms with Gasteiger partial charge in [-0.3, -0.25) is 4.98 Å². The number of rotatable bonds is 4. The average Bonchev–Trinajstić information content (AvgIpc) is 3.01. The van der Waals surface area contributed by atoms with Gasteiger partial charge < -0.3 is 0 Å². The maximum atomic E-state index is 5.08. The second kappa shape index (κ2) is 9.34. The Hall–Kier alpha value is -5.22. The van der Waals surface area contributed by atoms with Crippen LogP contribution in [0.2, 0.25) is 0 Å². The van der Waals surface area contributed by atoms with Crippen molar-refractivity contribution in [3.63, 3.8) is 0 Å². The first kappa shape index (κ1) is 22.0. The molecule has 3 aromatic heterocycles. The zero-order valence-corrected chi connectivity index (χ0v) is 20.5. The van der Waals surface area contributed by atoms with E-state index in [0.29, 0.717) is 0 Å². The van der Waals surface area contributed by atoms with E-state index in [1.807, 2.05) is 24.4 Å². The Morgan fingerprint density at radius 3 is 1.82 bits per heavy atom. The van der Waals surface area contributed by atoms with E-state index in [1.54, 1.807) is 12.4 Å². The summed E-state index contributed by atoms with van der Waals surface area (Å²) in [4.78, 5) is 18.5. The van der Waals surface area contributed by atoms with Gasteiger partial charge in [-0.05, 0) is 46.5 Å². The molecule has 0 saturated carbocycles. The molecule has 0 N–H and O–H groups in total. The number of fused-ring (bicyclic) bond motifs is 3. The molecule has 38 heavy (non-hydrogen) atoms. The summed E-state index contributed by atoms with van der Waals surface area (Å²) in [6.07, 6.45) is 5.36. The molecule has 0 aliphatic heterocycles. The standard InChI is InChI=1S/C34H22N4/c1-2-6-25(7-3-1)30-22-28-17-18-31(38-32(28)33-29(30)8-4-19-35-33)26-13-9-23(10-14-26)24-11-15-27(16-12-24)34-36-20-5-21-37-34/h1-22H. The van der Waals surface area contributed by atoms with Gasteiger partial charge in [-0.25, -0.2) is 15.0 Å². The van der Waals surface area contributed by atoms with Crippen LogP contribution in [-0.4, -0.2) is 19.9 Å². The van der Waals surface area contributed by atoms with Gasteiger partial charge in [0.1, 0.15) is 0 Å². The molecule has 178 valence electrons. The zero-order chi connectivity index (χ0) is 25.3. The molecule has 4 aromatic carbocycles. The Labute approximate surface area is 220 Å². The molecule has 3 heterocycles. The summed E-state index contributed by atoms with van der Waals surface area (Å²) >= 11 is 0. The fourth-order valence-corrected chi connectivity index (χ4v) is 4.93. The molecule has 7 rings (SSSR count). The molecule has 4 heteroatoms. The topological polar surface area (TPSA) is 51.6 Å². The van der Waals surface area contributed by atoms with Gasteiger partial charge in [0.2, 0.25) is 0 Å². The highest BCUT2D eigenvalue weighted by molar-refractivity contribution is 6.10. The van der Waals surface area contributed by atoms with Crippen LogP contribution in [0.5, 0.6) is 0 Å². The summed E-state index contributed by atoms with van der Waals surface area (Å²) in [5.74, 6) is 0.731. The normalized spacial score (nSPS) is 11.2. The van der Waals surface area contributed by atoms with Crippen LogP contribution in [0.3, 0.4) is 0 Å². The van der Waals surface area contributed by atoms with Crippen LogP contribution < -0.4 is 0 Å². The molecule has 0 unspecified atom stereocenters. The third-order valence-corrected chi connectivity index (χ3v) is 6.86. The number of hydrogen-bond donors (Lipinski definition) is 0. The van der Waals surface area contributed by atoms with E-state index in [-0.39, 0.29) is 0 Å². The number of hydrogen-bond acceptors (Lipinski definition) is 4. The smallest absolute Gasteiger partial charge is 0.159 e. The second-order valence-corrected chi connectivity index (χ2v) is 9.19. The van der Waals surface area contributed by atoms with E-state index >= 15 is 0 Å². The van der Waals surface area contributed by atoms with Gasteiger partial charge in [-0.1, -0.05) is 91.0 Å². The fraction of sp³-hybridized carbons (Fsp3) is 0. The molecule has 0 atom stereocenters. The lowest BCUT2D eigenvalue weighted by molar-refractivity contribution is 1.18. The van der Waals surface area contributed by atoms with E-state index < -0.39 is 0 Å². The van der Waals surface area contributed by atoms with E-state index in [0.717, 1.165) is 55.6 Å². The Kier molecular flexibility index (Phi) is 5.41. The minimum Gasteiger partial charge on any atom is -0.254 e. The highest BCUT2D eigenvalue weighted by atomic mass is 14.8. The summed E-state index contributed by atoms with van der Waals surface area (Å²) in [7, 11) is 0. The number of aromatic nitrogens is 4. The Morgan fingerprint density at radius 1 is 0.421 bits per heavy atom. The minimum atomic E-state index is 0.731. The molecular weight excluding hydrogens is 464 g/mol. The molecule has 7 aromatic rings. The molecule has 0 saturated heterocycles. The van der Waals surface area contributed by atoms with Gasteiger partial charge in [0.15, 0.2) is 5.82 Å². The van der Waals surface area contributed by atoms with Crippen molar-refractivity contribution in [2.45, 2.75) is 0 Å². The SMILES string of the molecule is c1ccc(-c2cc3ccc(-c4ccc(-c5ccc(-c6ncccn6)cc5)cc4)nc3c3ncccc23)cc1. The summed E-state index contributed by atoms with van der Waals surface area (Å²) in [5.41, 5.74) is 9.48. The first-order valence-corrected chi connectivity index (χ1v) is 12.6. The van der Waals surface area contributed by atoms with Gasteiger partial charge in [0, 0.05) is 40.5 Å². The van der Waals surface area contributed by atoms with Crippen LogP contribution in [0.1, 0.15) is 0 Å². The highest BCUT2D eigenvalue weighted by Crippen LogP contribution is 2.34. The monoisotopic (exact) mass is 486 g/mol. The van der Waals surface area contributed by atoms with Gasteiger partial charge in [-0.2, -0.15) is 0 Å². The highest BCUT2D eigenvalue weighted by Gasteiger charge is 2.12. The van der Waals surface area contributed by atoms with Crippen molar-refractivity contribution in [3.8, 4) is 44.9 Å². The lowest BCUT2D eigenvalue weighted by Gasteiger charge is -2.11. The largest absolute Gasteiger partial charge is 0.254 e. The molecule has 0 spiro atoms. The van der Waals surface area contributed by atoms with Gasteiger partial charge in [0.25, 0.3) is 0 Å². The van der Waals surface area contributed by atoms with Crippen LogP contribution in [0.25, 0.3) is 66.7 Å². The predicted molar refractivity (Wildman–Crippen MR) is 154 cm³/mol. The first-order chi connectivity index (χ1) is 18.8. The third kappa shape index (κ3) is 3.98. The van der Waals surface area contributed by atoms with Crippen LogP contribution in [-0.2, 0) is 0 Å². The molecule has 0 radical (unpaired) electrons. The molecule has 0 fully saturated rings. The fourth-order valence-electron chi connectivity index (χ4n) is 4.93. The zero-order valence-electron chi connectivity index (χ0n) is 20.5. The van der Waals surface area contributed by atoms with E-state index in [4.69, 9.17) is 9.97 Å². The van der Waals surface area contributed by atoms with Gasteiger partial charge in [-0.15, -0.1) is 0 Å². The molecule has 0 aliphatic carbocycles. The summed E-state index contributed by atoms with van der Waals surface area (Å²) in [6, 6.07) is 39.7. The molecule has 0 aliphatic rings. The van der Waals surface area contributed by atoms with Crippen LogP contribution in [0, 0.1) is 0 Å². The number of pyridine rings is 2. The van der Waals surface area contributed by atoms with Crippen LogP contribution in [0.4, 0.5) is 0 Å². The van der Waals surface area contributed by atoms with Crippen molar-refractivity contribution in [1.82, 2.24) is 19.9 Å². The van der Waals surface area contributed by atoms with Crippen molar-refractivity contribution in [2.24, 2.45) is 0 Å². The quantitative estimate of drug-likeness (QED) is 0.235. The first-order valence-electron chi connectivity index (χ1n) is 12.6. The molecular formula is C34H22N4. The van der Waals surface area contributed by atoms with Crippen molar-refractivity contribution < 1.29 is 0 Å². The maximum Gasteiger partial charge on any atom is 0.159 e. The Morgan fingerprint density at radius 2 is 1.08 bits per heavy atom. The third-order valence-electron chi connectivity index (χ3n) is 6.86. The van der Waals surface area contributed by atoms with Crippen LogP contribution in [0.15, 0.2) is 134 Å². The van der Waals surface area contributed by atoms with E-state index in [2.05, 4.69) is 107 Å². The van der Waals surface area contributed by atoms with Gasteiger partial charge >= 0.3 is 0 Å². The lowest BCUT2D eigenvalue weighted by atomic mass is 9.97. The molecule has 0 amide bonds. The number of benzene rings is 4. The number of nitrogens with zero attached hydrogens (tertiary/aromatic N) is 4. The van der Waals surface area contributed by atoms with Crippen molar-refractivity contribution in [3.05, 3.63) is 134 Å². The van der Waals surface area contributed by atoms with Crippen molar-refractivity contribution in [2.75, 3.05) is 0 Å². The average molecular weight is 487 g/mol. The Balaban J connectivity index is 1.24. The minimum absolute atomic E-state index is 0.731. The van der Waals surface area contributed by atoms with E-state index in [9.17, 15) is 0 Å². The van der Waals surface area contributed by atoms with E-state index in [1.165, 1.54) is 11.1 Å². The molecule has 4 nitrogen and oxygen atoms in total. The lowest BCUT2D eigenvalue weighted by Crippen LogP contribution is -1.91. The predicted octanol–water partition coefficient (Wildman–Crippen LogP) is 8.24. The molecule has 0 bridgehead atoms. The van der Waals surface area contributed by atoms with Crippen LogP contribution >= 0.6 is 0 Å². The summed E-state index contributed by atoms with van der Waals surface area (Å²) < 4.78 is 0. The maximum absolute atomic E-state index is 5.08. The van der Waals surface area contributed by atoms with Gasteiger partial charge in [0.05, 0.1) is 16.7 Å². The second-order valence-electron chi connectivity index (χ2n) is 9.19. The summed E-state index contributed by atoms with van der Waals surface area (Å²) in [5, 5.41) is 2.19. The summed E-state index contributed by atoms with van der Waals surface area (Å²) in [6.45, 7) is 0. The Bertz CT molecular complexity index is 1880.